The summed E-state index contributed by atoms with van der Waals surface area (Å²) < 4.78 is 0. The minimum Gasteiger partial charge on any atom is -0.351 e. The summed E-state index contributed by atoms with van der Waals surface area (Å²) in [5.74, 6) is 0. The lowest BCUT2D eigenvalue weighted by atomic mass is 9.38. The highest BCUT2D eigenvalue weighted by molar-refractivity contribution is 6.85. The molecule has 0 radical (unpaired) electrons. The molecule has 0 amide bonds. The first-order valence-corrected chi connectivity index (χ1v) is 7.46. The Balaban J connectivity index is 0.000000299. The number of H-pyrrole nitrogens is 1. The van der Waals surface area contributed by atoms with Gasteiger partial charge in [-0.1, -0.05) is 77.2 Å². The number of hydrogen-bond donors (Lipinski definition) is 1. The fourth-order valence-corrected chi connectivity index (χ4v) is 2.42. The predicted molar refractivity (Wildman–Crippen MR) is 96.2 cm³/mol. The average Bonchev–Trinajstić information content (AvgIpc) is 3.13. The summed E-state index contributed by atoms with van der Waals surface area (Å²) in [4.78, 5) is 6.42. The van der Waals surface area contributed by atoms with E-state index in [1.807, 2.05) is 6.08 Å². The number of nitrogens with zero attached hydrogens (tertiary/aromatic N) is 1. The first-order valence-electron chi connectivity index (χ1n) is 7.46. The Hall–Kier alpha value is -2.55. The molecule has 0 saturated heterocycles. The van der Waals surface area contributed by atoms with E-state index < -0.39 is 0 Å². The van der Waals surface area contributed by atoms with Crippen LogP contribution in [0.5, 0.6) is 0 Å². The van der Waals surface area contributed by atoms with E-state index in [4.69, 9.17) is 0 Å². The quantitative estimate of drug-likeness (QED) is 0.579. The van der Waals surface area contributed by atoms with Gasteiger partial charge in [0.25, 0.3) is 0 Å². The largest absolute Gasteiger partial charge is 0.351 e. The molecule has 110 valence electrons. The highest BCUT2D eigenvalue weighted by atomic mass is 14.8. The number of hydrogen-bond acceptors (Lipinski definition) is 1. The molecule has 0 atom stereocenters. The average molecular weight is 288 g/mol. The van der Waals surface area contributed by atoms with Crippen LogP contribution in [0.4, 0.5) is 0 Å². The first-order chi connectivity index (χ1) is 10.8. The van der Waals surface area contributed by atoms with Crippen LogP contribution in [0.15, 0.2) is 86.0 Å². The third-order valence-corrected chi connectivity index (χ3v) is 3.45. The summed E-state index contributed by atoms with van der Waals surface area (Å²) in [7, 11) is 0. The number of nitrogens with one attached hydrogen (secondary N) is 1. The minimum absolute atomic E-state index is 0.425. The van der Waals surface area contributed by atoms with Crippen LogP contribution < -0.4 is 10.9 Å². The van der Waals surface area contributed by atoms with Crippen LogP contribution in [0.1, 0.15) is 5.56 Å². The van der Waals surface area contributed by atoms with Crippen molar-refractivity contribution in [2.45, 2.75) is 13.2 Å². The molecule has 3 heteroatoms. The first kappa shape index (κ1) is 15.8. The molecule has 1 aromatic heterocycles. The van der Waals surface area contributed by atoms with E-state index in [9.17, 15) is 0 Å². The Morgan fingerprint density at radius 1 is 1.09 bits per heavy atom. The number of aryl methyl sites for hydroxylation is 1. The molecule has 0 fully saturated rings. The van der Waals surface area contributed by atoms with Gasteiger partial charge in [-0.15, -0.1) is 6.58 Å². The van der Waals surface area contributed by atoms with Crippen molar-refractivity contribution in [1.29, 1.82) is 0 Å². The fraction of sp³-hybridized carbons (Fsp3) is 0.105. The van der Waals surface area contributed by atoms with Crippen LogP contribution in [-0.4, -0.2) is 16.7 Å². The topological polar surface area (TPSA) is 28.7 Å². The smallest absolute Gasteiger partial charge is 0.213 e. The van der Waals surface area contributed by atoms with Gasteiger partial charge < -0.3 is 4.98 Å². The Morgan fingerprint density at radius 3 is 2.41 bits per heavy atom. The molecule has 2 nitrogen and oxygen atoms in total. The summed E-state index contributed by atoms with van der Waals surface area (Å²) in [6, 6.07) is 19.4. The van der Waals surface area contributed by atoms with Gasteiger partial charge in [-0.3, -0.25) is 0 Å². The lowest BCUT2D eigenvalue weighted by Crippen LogP contribution is -2.41. The van der Waals surface area contributed by atoms with E-state index >= 15 is 0 Å². The molecule has 0 bridgehead atoms. The SMILES string of the molecule is C=CCB(c1ccccc1)c1cccc(C)c1.c1c[nH]cn1. The summed E-state index contributed by atoms with van der Waals surface area (Å²) >= 11 is 0. The number of rotatable bonds is 4. The van der Waals surface area contributed by atoms with E-state index in [0.717, 1.165) is 6.32 Å². The van der Waals surface area contributed by atoms with Crippen LogP contribution in [0.3, 0.4) is 0 Å². The Morgan fingerprint density at radius 2 is 1.86 bits per heavy atom. The van der Waals surface area contributed by atoms with Crippen molar-refractivity contribution in [1.82, 2.24) is 9.97 Å². The third-order valence-electron chi connectivity index (χ3n) is 3.45. The van der Waals surface area contributed by atoms with Crippen LogP contribution in [0.2, 0.25) is 6.32 Å². The second kappa shape index (κ2) is 8.68. The predicted octanol–water partition coefficient (Wildman–Crippen LogP) is 3.20. The molecule has 2 aromatic carbocycles. The van der Waals surface area contributed by atoms with E-state index in [2.05, 4.69) is 78.1 Å². The molecular formula is C19H21BN2. The lowest BCUT2D eigenvalue weighted by molar-refractivity contribution is 1.31. The van der Waals surface area contributed by atoms with Crippen molar-refractivity contribution in [2.24, 2.45) is 0 Å². The Bertz CT molecular complexity index is 646. The Labute approximate surface area is 133 Å². The molecule has 3 rings (SSSR count). The molecule has 0 aliphatic rings. The van der Waals surface area contributed by atoms with E-state index in [-0.39, 0.29) is 0 Å². The van der Waals surface area contributed by atoms with E-state index in [0.29, 0.717) is 6.71 Å². The maximum atomic E-state index is 3.87. The van der Waals surface area contributed by atoms with Gasteiger partial charge in [0.15, 0.2) is 0 Å². The molecule has 1 heterocycles. The van der Waals surface area contributed by atoms with Gasteiger partial charge in [-0.05, 0) is 13.2 Å². The molecular weight excluding hydrogens is 267 g/mol. The molecule has 0 unspecified atom stereocenters. The molecule has 22 heavy (non-hydrogen) atoms. The number of aromatic amines is 1. The summed E-state index contributed by atoms with van der Waals surface area (Å²) in [6.07, 6.45) is 8.06. The summed E-state index contributed by atoms with van der Waals surface area (Å²) in [5, 5.41) is 0. The molecule has 0 saturated carbocycles. The molecule has 0 aliphatic heterocycles. The standard InChI is InChI=1S/C16H17B.C3H4N2/c1-3-12-17(15-9-5-4-6-10-15)16-11-7-8-14(2)13-16;1-2-5-3-4-1/h3-11,13H,1,12H2,2H3;1-3H,(H,4,5). The van der Waals surface area contributed by atoms with Crippen LogP contribution >= 0.6 is 0 Å². The van der Waals surface area contributed by atoms with Crippen molar-refractivity contribution in [2.75, 3.05) is 0 Å². The highest BCUT2D eigenvalue weighted by Gasteiger charge is 2.16. The maximum absolute atomic E-state index is 3.87. The second-order valence-electron chi connectivity index (χ2n) is 5.16. The molecule has 1 N–H and O–H groups in total. The van der Waals surface area contributed by atoms with Crippen molar-refractivity contribution in [3.05, 3.63) is 91.5 Å². The van der Waals surface area contributed by atoms with E-state index in [1.165, 1.54) is 16.5 Å². The number of imidazole rings is 1. The van der Waals surface area contributed by atoms with Crippen molar-refractivity contribution in [3.63, 3.8) is 0 Å². The number of allylic oxidation sites excluding steroid dienone is 1. The van der Waals surface area contributed by atoms with Crippen molar-refractivity contribution >= 4 is 17.6 Å². The monoisotopic (exact) mass is 288 g/mol. The van der Waals surface area contributed by atoms with Crippen LogP contribution in [0.25, 0.3) is 0 Å². The normalized spacial score (nSPS) is 9.50. The van der Waals surface area contributed by atoms with E-state index in [1.54, 1.807) is 18.7 Å². The van der Waals surface area contributed by atoms with Gasteiger partial charge in [0.05, 0.1) is 6.33 Å². The third kappa shape index (κ3) is 4.78. The second-order valence-corrected chi connectivity index (χ2v) is 5.16. The molecule has 0 spiro atoms. The molecule has 3 aromatic rings. The fourth-order valence-electron chi connectivity index (χ4n) is 2.42. The lowest BCUT2D eigenvalue weighted by Gasteiger charge is -2.13. The van der Waals surface area contributed by atoms with Gasteiger partial charge in [-0.25, -0.2) is 4.98 Å². The van der Waals surface area contributed by atoms with Gasteiger partial charge in [-0.2, -0.15) is 0 Å². The Kier molecular flexibility index (Phi) is 6.25. The number of benzene rings is 2. The zero-order valence-electron chi connectivity index (χ0n) is 12.9. The van der Waals surface area contributed by atoms with Gasteiger partial charge in [0.2, 0.25) is 6.71 Å². The minimum atomic E-state index is 0.425. The van der Waals surface area contributed by atoms with Crippen LogP contribution in [0, 0.1) is 6.92 Å². The maximum Gasteiger partial charge on any atom is 0.213 e. The summed E-state index contributed by atoms with van der Waals surface area (Å²) in [6.45, 7) is 6.44. The van der Waals surface area contributed by atoms with Crippen LogP contribution in [-0.2, 0) is 0 Å². The zero-order valence-corrected chi connectivity index (χ0v) is 12.9. The molecule has 0 aliphatic carbocycles. The van der Waals surface area contributed by atoms with Crippen molar-refractivity contribution in [3.8, 4) is 0 Å². The van der Waals surface area contributed by atoms with Gasteiger partial charge in [0.1, 0.15) is 0 Å². The van der Waals surface area contributed by atoms with Crippen molar-refractivity contribution < 1.29 is 0 Å². The number of aromatic nitrogens is 2. The van der Waals surface area contributed by atoms with Gasteiger partial charge >= 0.3 is 0 Å². The highest BCUT2D eigenvalue weighted by Crippen LogP contribution is 2.01. The van der Waals surface area contributed by atoms with Gasteiger partial charge in [0, 0.05) is 12.4 Å². The zero-order chi connectivity index (χ0) is 15.6. The summed E-state index contributed by atoms with van der Waals surface area (Å²) in [5.41, 5.74) is 4.04.